The smallest absolute Gasteiger partial charge is 0.337 e. The molecule has 0 unspecified atom stereocenters. The summed E-state index contributed by atoms with van der Waals surface area (Å²) in [5.74, 6) is 0.00992. The molecule has 0 aliphatic carbocycles. The summed E-state index contributed by atoms with van der Waals surface area (Å²) in [6, 6.07) is 11.6. The summed E-state index contributed by atoms with van der Waals surface area (Å²) in [4.78, 5) is 11.4. The molecule has 2 rings (SSSR count). The van der Waals surface area contributed by atoms with Crippen molar-refractivity contribution in [2.45, 2.75) is 13.2 Å². The van der Waals surface area contributed by atoms with E-state index in [1.54, 1.807) is 42.5 Å². The van der Waals surface area contributed by atoms with E-state index in [9.17, 15) is 13.2 Å². The van der Waals surface area contributed by atoms with Gasteiger partial charge in [-0.25, -0.2) is 4.79 Å². The number of carbonyl (C=O) groups excluding carboxylic acids is 1. The second-order valence-electron chi connectivity index (χ2n) is 5.20. The predicted octanol–water partition coefficient (Wildman–Crippen LogP) is 3.18. The van der Waals surface area contributed by atoms with Crippen molar-refractivity contribution in [2.24, 2.45) is 0 Å². The van der Waals surface area contributed by atoms with Crippen LogP contribution in [0.2, 0.25) is 5.02 Å². The molecule has 8 heteroatoms. The van der Waals surface area contributed by atoms with Crippen LogP contribution in [0.3, 0.4) is 0 Å². The maximum atomic E-state index is 11.4. The summed E-state index contributed by atoms with van der Waals surface area (Å²) in [6.07, 6.45) is 0.978. The molecule has 0 bridgehead atoms. The van der Waals surface area contributed by atoms with E-state index in [1.807, 2.05) is 0 Å². The Bertz CT molecular complexity index is 846. The van der Waals surface area contributed by atoms with Crippen LogP contribution in [0.1, 0.15) is 21.5 Å². The Morgan fingerprint density at radius 1 is 1.08 bits per heavy atom. The number of esters is 1. The highest BCUT2D eigenvalue weighted by Gasteiger charge is 2.10. The van der Waals surface area contributed by atoms with Crippen LogP contribution in [0.4, 0.5) is 0 Å². The molecule has 0 aliphatic heterocycles. The minimum Gasteiger partial charge on any atom is -0.488 e. The van der Waals surface area contributed by atoms with Crippen molar-refractivity contribution in [2.75, 3.05) is 13.4 Å². The van der Waals surface area contributed by atoms with Crippen LogP contribution >= 0.6 is 11.6 Å². The molecule has 0 atom stereocenters. The molecule has 0 saturated heterocycles. The summed E-state index contributed by atoms with van der Waals surface area (Å²) in [6.45, 7) is 0.0697. The quantitative estimate of drug-likeness (QED) is 0.539. The number of ether oxygens (including phenoxy) is 2. The topological polar surface area (TPSA) is 78.9 Å². The molecule has 0 spiro atoms. The lowest BCUT2D eigenvalue weighted by molar-refractivity contribution is 0.0600. The first-order chi connectivity index (χ1) is 11.8. The van der Waals surface area contributed by atoms with Crippen LogP contribution in [-0.2, 0) is 32.3 Å². The second kappa shape index (κ2) is 8.33. The van der Waals surface area contributed by atoms with Gasteiger partial charge in [-0.3, -0.25) is 4.18 Å². The Balaban J connectivity index is 2.09. The number of carbonyl (C=O) groups is 1. The number of rotatable bonds is 7. The molecule has 0 amide bonds. The Morgan fingerprint density at radius 2 is 1.76 bits per heavy atom. The third kappa shape index (κ3) is 6.04. The average molecular weight is 385 g/mol. The molecule has 0 fully saturated rings. The molecular formula is C17H17ClO6S. The van der Waals surface area contributed by atoms with Gasteiger partial charge >= 0.3 is 5.97 Å². The fourth-order valence-electron chi connectivity index (χ4n) is 1.97. The molecule has 2 aromatic carbocycles. The van der Waals surface area contributed by atoms with E-state index in [2.05, 4.69) is 4.74 Å². The Labute approximate surface area is 151 Å². The highest BCUT2D eigenvalue weighted by molar-refractivity contribution is 7.85. The van der Waals surface area contributed by atoms with Crippen molar-refractivity contribution in [1.82, 2.24) is 0 Å². The number of hydrogen-bond acceptors (Lipinski definition) is 6. The third-order valence-corrected chi connectivity index (χ3v) is 4.01. The van der Waals surface area contributed by atoms with E-state index in [-0.39, 0.29) is 13.2 Å². The van der Waals surface area contributed by atoms with Gasteiger partial charge in [0.2, 0.25) is 0 Å². The third-order valence-electron chi connectivity index (χ3n) is 3.23. The standard InChI is InChI=1S/C17H17ClO6S/c1-22-17(19)13-5-3-12(4-6-13)10-23-16-9-15(18)8-7-14(16)11-24-25(2,20)21/h3-9H,10-11H2,1-2H3. The van der Waals surface area contributed by atoms with E-state index in [4.69, 9.17) is 20.5 Å². The maximum absolute atomic E-state index is 11.4. The van der Waals surface area contributed by atoms with Crippen molar-refractivity contribution in [3.05, 3.63) is 64.2 Å². The largest absolute Gasteiger partial charge is 0.488 e. The zero-order valence-electron chi connectivity index (χ0n) is 13.7. The number of hydrogen-bond donors (Lipinski definition) is 0. The van der Waals surface area contributed by atoms with Gasteiger partial charge in [-0.1, -0.05) is 29.8 Å². The first kappa shape index (κ1) is 19.2. The Kier molecular flexibility index (Phi) is 6.41. The van der Waals surface area contributed by atoms with Crippen molar-refractivity contribution in [1.29, 1.82) is 0 Å². The zero-order chi connectivity index (χ0) is 18.4. The minimum atomic E-state index is -3.56. The van der Waals surface area contributed by atoms with Crippen LogP contribution in [0, 0.1) is 0 Å². The molecule has 6 nitrogen and oxygen atoms in total. The minimum absolute atomic E-state index is 0.146. The fraction of sp³-hybridized carbons (Fsp3) is 0.235. The highest BCUT2D eigenvalue weighted by Crippen LogP contribution is 2.25. The van der Waals surface area contributed by atoms with Gasteiger partial charge in [0, 0.05) is 10.6 Å². The Hall–Kier alpha value is -2.09. The molecule has 0 heterocycles. The van der Waals surface area contributed by atoms with Gasteiger partial charge in [-0.15, -0.1) is 0 Å². The number of methoxy groups -OCH3 is 1. The normalized spacial score (nSPS) is 11.2. The monoisotopic (exact) mass is 384 g/mol. The lowest BCUT2D eigenvalue weighted by Gasteiger charge is -2.12. The molecule has 0 aliphatic rings. The fourth-order valence-corrected chi connectivity index (χ4v) is 2.47. The van der Waals surface area contributed by atoms with Crippen LogP contribution in [0.15, 0.2) is 42.5 Å². The van der Waals surface area contributed by atoms with E-state index in [0.29, 0.717) is 21.9 Å². The molecule has 0 N–H and O–H groups in total. The van der Waals surface area contributed by atoms with Gasteiger partial charge in [0.1, 0.15) is 12.4 Å². The van der Waals surface area contributed by atoms with Crippen LogP contribution in [0.5, 0.6) is 5.75 Å². The number of halogens is 1. The number of benzene rings is 2. The summed E-state index contributed by atoms with van der Waals surface area (Å²) < 4.78 is 37.5. The SMILES string of the molecule is COC(=O)c1ccc(COc2cc(Cl)ccc2COS(C)(=O)=O)cc1. The molecular weight excluding hydrogens is 368 g/mol. The summed E-state index contributed by atoms with van der Waals surface area (Å²) >= 11 is 5.97. The molecule has 25 heavy (non-hydrogen) atoms. The highest BCUT2D eigenvalue weighted by atomic mass is 35.5. The lowest BCUT2D eigenvalue weighted by Crippen LogP contribution is -2.05. The summed E-state index contributed by atoms with van der Waals surface area (Å²) in [5, 5.41) is 0.458. The molecule has 0 saturated carbocycles. The molecule has 0 radical (unpaired) electrons. The summed E-state index contributed by atoms with van der Waals surface area (Å²) in [5.41, 5.74) is 1.82. The molecule has 2 aromatic rings. The van der Waals surface area contributed by atoms with Gasteiger partial charge < -0.3 is 9.47 Å². The maximum Gasteiger partial charge on any atom is 0.337 e. The lowest BCUT2D eigenvalue weighted by atomic mass is 10.1. The van der Waals surface area contributed by atoms with E-state index >= 15 is 0 Å². The van der Waals surface area contributed by atoms with Gasteiger partial charge in [0.15, 0.2) is 0 Å². The van der Waals surface area contributed by atoms with Crippen LogP contribution < -0.4 is 4.74 Å². The molecule has 134 valence electrons. The van der Waals surface area contributed by atoms with E-state index in [0.717, 1.165) is 11.8 Å². The van der Waals surface area contributed by atoms with Gasteiger partial charge in [0.05, 0.1) is 25.5 Å². The van der Waals surface area contributed by atoms with Crippen molar-refractivity contribution < 1.29 is 26.9 Å². The van der Waals surface area contributed by atoms with Gasteiger partial charge in [0.25, 0.3) is 10.1 Å². The first-order valence-electron chi connectivity index (χ1n) is 7.21. The van der Waals surface area contributed by atoms with Crippen molar-refractivity contribution in [3.8, 4) is 5.75 Å². The molecule has 0 aromatic heterocycles. The zero-order valence-corrected chi connectivity index (χ0v) is 15.3. The van der Waals surface area contributed by atoms with E-state index in [1.165, 1.54) is 7.11 Å². The van der Waals surface area contributed by atoms with Gasteiger partial charge in [-0.05, 0) is 29.8 Å². The first-order valence-corrected chi connectivity index (χ1v) is 9.41. The summed E-state index contributed by atoms with van der Waals surface area (Å²) in [7, 11) is -2.25. The van der Waals surface area contributed by atoms with E-state index < -0.39 is 16.1 Å². The van der Waals surface area contributed by atoms with Crippen LogP contribution in [-0.4, -0.2) is 27.8 Å². The Morgan fingerprint density at radius 3 is 2.36 bits per heavy atom. The second-order valence-corrected chi connectivity index (χ2v) is 7.28. The van der Waals surface area contributed by atoms with Gasteiger partial charge in [-0.2, -0.15) is 8.42 Å². The average Bonchev–Trinajstić information content (AvgIpc) is 2.58. The van der Waals surface area contributed by atoms with Crippen LogP contribution in [0.25, 0.3) is 0 Å². The predicted molar refractivity (Wildman–Crippen MR) is 93.2 cm³/mol. The van der Waals surface area contributed by atoms with Crippen molar-refractivity contribution in [3.63, 3.8) is 0 Å². The van der Waals surface area contributed by atoms with Crippen molar-refractivity contribution >= 4 is 27.7 Å².